The molecule has 2 N–H and O–H groups in total. The molecule has 1 aromatic heterocycles. The summed E-state index contributed by atoms with van der Waals surface area (Å²) < 4.78 is 0. The number of nitrogens with one attached hydrogen (secondary N) is 2. The summed E-state index contributed by atoms with van der Waals surface area (Å²) in [4.78, 5) is 22.9. The summed E-state index contributed by atoms with van der Waals surface area (Å²) >= 11 is 0. The summed E-state index contributed by atoms with van der Waals surface area (Å²) in [6.45, 7) is 4.78. The Balaban J connectivity index is 1.48. The molecule has 2 fully saturated rings. The zero-order valence-corrected chi connectivity index (χ0v) is 13.2. The average molecular weight is 303 g/mol. The van der Waals surface area contributed by atoms with E-state index in [1.54, 1.807) is 6.20 Å². The first-order valence-electron chi connectivity index (χ1n) is 8.36. The molecule has 2 aliphatic rings. The molecule has 6 nitrogen and oxygen atoms in total. The predicted octanol–water partition coefficient (Wildman–Crippen LogP) is 1.79. The number of carbonyl (C=O) groups is 1. The zero-order chi connectivity index (χ0) is 15.4. The van der Waals surface area contributed by atoms with Crippen LogP contribution in [0, 0.1) is 5.92 Å². The average Bonchev–Trinajstić information content (AvgIpc) is 3.32. The Morgan fingerprint density at radius 3 is 2.77 bits per heavy atom. The van der Waals surface area contributed by atoms with E-state index >= 15 is 0 Å². The first-order chi connectivity index (χ1) is 10.7. The van der Waals surface area contributed by atoms with Gasteiger partial charge in [0.25, 0.3) is 0 Å². The van der Waals surface area contributed by atoms with Crippen LogP contribution < -0.4 is 15.5 Å². The van der Waals surface area contributed by atoms with Gasteiger partial charge in [0.05, 0.1) is 0 Å². The zero-order valence-electron chi connectivity index (χ0n) is 13.2. The van der Waals surface area contributed by atoms with E-state index in [1.807, 2.05) is 13.0 Å². The van der Waals surface area contributed by atoms with Crippen molar-refractivity contribution in [3.05, 3.63) is 12.3 Å². The molecule has 1 aliphatic heterocycles. The van der Waals surface area contributed by atoms with Crippen molar-refractivity contribution in [2.24, 2.45) is 5.92 Å². The van der Waals surface area contributed by atoms with Gasteiger partial charge in [0.15, 0.2) is 0 Å². The minimum atomic E-state index is 0.234. The van der Waals surface area contributed by atoms with Crippen molar-refractivity contribution >= 4 is 17.7 Å². The van der Waals surface area contributed by atoms with Gasteiger partial charge in [0.1, 0.15) is 5.82 Å². The summed E-state index contributed by atoms with van der Waals surface area (Å²) in [6.07, 6.45) is 6.90. The van der Waals surface area contributed by atoms with Crippen molar-refractivity contribution in [1.82, 2.24) is 15.3 Å². The maximum atomic E-state index is 11.9. The molecule has 0 aromatic carbocycles. The quantitative estimate of drug-likeness (QED) is 0.838. The van der Waals surface area contributed by atoms with E-state index in [9.17, 15) is 4.79 Å². The van der Waals surface area contributed by atoms with Gasteiger partial charge in [-0.15, -0.1) is 0 Å². The Bertz CT molecular complexity index is 509. The number of rotatable bonds is 6. The van der Waals surface area contributed by atoms with Crippen LogP contribution in [0.15, 0.2) is 12.3 Å². The summed E-state index contributed by atoms with van der Waals surface area (Å²) in [6, 6.07) is 2.43. The van der Waals surface area contributed by atoms with Crippen molar-refractivity contribution in [2.75, 3.05) is 29.9 Å². The molecule has 3 rings (SSSR count). The molecular weight excluding hydrogens is 278 g/mol. The Morgan fingerprint density at radius 1 is 1.32 bits per heavy atom. The molecule has 0 unspecified atom stereocenters. The highest BCUT2D eigenvalue weighted by molar-refractivity contribution is 5.76. The van der Waals surface area contributed by atoms with Crippen LogP contribution in [0.5, 0.6) is 0 Å². The maximum absolute atomic E-state index is 11.9. The van der Waals surface area contributed by atoms with E-state index < -0.39 is 0 Å². The minimum Gasteiger partial charge on any atom is -0.356 e. The summed E-state index contributed by atoms with van der Waals surface area (Å²) in [5, 5.41) is 6.23. The van der Waals surface area contributed by atoms with Crippen molar-refractivity contribution in [2.45, 2.75) is 45.1 Å². The molecule has 0 spiro atoms. The summed E-state index contributed by atoms with van der Waals surface area (Å²) in [7, 11) is 0. The van der Waals surface area contributed by atoms with Crippen LogP contribution in [-0.4, -0.2) is 41.6 Å². The van der Waals surface area contributed by atoms with E-state index in [-0.39, 0.29) is 5.91 Å². The number of hydrogen-bond donors (Lipinski definition) is 2. The highest BCUT2D eigenvalue weighted by atomic mass is 16.1. The van der Waals surface area contributed by atoms with E-state index in [0.29, 0.717) is 24.3 Å². The lowest BCUT2D eigenvalue weighted by Crippen LogP contribution is -2.36. The number of nitrogens with zero attached hydrogens (tertiary/aromatic N) is 3. The van der Waals surface area contributed by atoms with Gasteiger partial charge in [0.2, 0.25) is 11.9 Å². The fourth-order valence-electron chi connectivity index (χ4n) is 2.91. The molecule has 1 saturated carbocycles. The second-order valence-corrected chi connectivity index (χ2v) is 6.25. The van der Waals surface area contributed by atoms with E-state index in [4.69, 9.17) is 0 Å². The molecule has 0 radical (unpaired) electrons. The molecular formula is C16H25N5O. The molecule has 120 valence electrons. The van der Waals surface area contributed by atoms with Crippen LogP contribution in [-0.2, 0) is 4.79 Å². The van der Waals surface area contributed by atoms with E-state index in [0.717, 1.165) is 51.1 Å². The van der Waals surface area contributed by atoms with Gasteiger partial charge in [-0.05, 0) is 44.6 Å². The largest absolute Gasteiger partial charge is 0.356 e. The smallest absolute Gasteiger partial charge is 0.224 e. The Kier molecular flexibility index (Phi) is 4.75. The lowest BCUT2D eigenvalue weighted by molar-refractivity contribution is -0.122. The molecule has 1 saturated heterocycles. The standard InChI is InChI=1S/C16H25N5O/c1-2-17-16-18-8-5-14(20-16)21-9-6-12(7-10-21)11-15(22)19-13-3-4-13/h5,8,12-13H,2-4,6-7,9-11H2,1H3,(H,19,22)(H,17,18,20). The lowest BCUT2D eigenvalue weighted by Gasteiger charge is -2.32. The van der Waals surface area contributed by atoms with Gasteiger partial charge >= 0.3 is 0 Å². The summed E-state index contributed by atoms with van der Waals surface area (Å²) in [5.74, 6) is 2.40. The van der Waals surface area contributed by atoms with Crippen LogP contribution in [0.3, 0.4) is 0 Å². The third-order valence-electron chi connectivity index (χ3n) is 4.33. The molecule has 22 heavy (non-hydrogen) atoms. The van der Waals surface area contributed by atoms with Gasteiger partial charge in [-0.1, -0.05) is 0 Å². The number of hydrogen-bond acceptors (Lipinski definition) is 5. The Hall–Kier alpha value is -1.85. The van der Waals surface area contributed by atoms with Crippen molar-refractivity contribution in [1.29, 1.82) is 0 Å². The van der Waals surface area contributed by atoms with E-state index in [2.05, 4.69) is 25.5 Å². The topological polar surface area (TPSA) is 70.2 Å². The maximum Gasteiger partial charge on any atom is 0.224 e. The molecule has 0 atom stereocenters. The monoisotopic (exact) mass is 303 g/mol. The first kappa shape index (κ1) is 15.1. The second-order valence-electron chi connectivity index (χ2n) is 6.25. The van der Waals surface area contributed by atoms with Crippen molar-refractivity contribution in [3.8, 4) is 0 Å². The number of carbonyl (C=O) groups excluding carboxylic acids is 1. The Labute approximate surface area is 131 Å². The van der Waals surface area contributed by atoms with E-state index in [1.165, 1.54) is 0 Å². The molecule has 1 aliphatic carbocycles. The van der Waals surface area contributed by atoms with Gasteiger partial charge < -0.3 is 15.5 Å². The lowest BCUT2D eigenvalue weighted by atomic mass is 9.93. The van der Waals surface area contributed by atoms with Crippen LogP contribution in [0.25, 0.3) is 0 Å². The molecule has 0 bridgehead atoms. The van der Waals surface area contributed by atoms with Gasteiger partial charge in [0, 0.05) is 38.3 Å². The fourth-order valence-corrected chi connectivity index (χ4v) is 2.91. The molecule has 2 heterocycles. The third kappa shape index (κ3) is 4.08. The fraction of sp³-hybridized carbons (Fsp3) is 0.688. The normalized spacial score (nSPS) is 19.0. The predicted molar refractivity (Wildman–Crippen MR) is 86.9 cm³/mol. The van der Waals surface area contributed by atoms with Crippen molar-refractivity contribution in [3.63, 3.8) is 0 Å². The van der Waals surface area contributed by atoms with Crippen LogP contribution in [0.2, 0.25) is 0 Å². The minimum absolute atomic E-state index is 0.234. The third-order valence-corrected chi connectivity index (χ3v) is 4.33. The highest BCUT2D eigenvalue weighted by Crippen LogP contribution is 2.25. The number of amides is 1. The van der Waals surface area contributed by atoms with Gasteiger partial charge in [-0.3, -0.25) is 4.79 Å². The van der Waals surface area contributed by atoms with Gasteiger partial charge in [-0.2, -0.15) is 4.98 Å². The van der Waals surface area contributed by atoms with Crippen LogP contribution >= 0.6 is 0 Å². The number of piperidine rings is 1. The Morgan fingerprint density at radius 2 is 2.09 bits per heavy atom. The number of anilines is 2. The second kappa shape index (κ2) is 6.94. The van der Waals surface area contributed by atoms with Crippen molar-refractivity contribution < 1.29 is 4.79 Å². The summed E-state index contributed by atoms with van der Waals surface area (Å²) in [5.41, 5.74) is 0. The first-order valence-corrected chi connectivity index (χ1v) is 8.36. The van der Waals surface area contributed by atoms with Crippen LogP contribution in [0.1, 0.15) is 39.0 Å². The highest BCUT2D eigenvalue weighted by Gasteiger charge is 2.26. The number of aromatic nitrogens is 2. The SMILES string of the molecule is CCNc1nccc(N2CCC(CC(=O)NC3CC3)CC2)n1. The van der Waals surface area contributed by atoms with Gasteiger partial charge in [-0.25, -0.2) is 4.98 Å². The molecule has 1 aromatic rings. The van der Waals surface area contributed by atoms with Crippen LogP contribution in [0.4, 0.5) is 11.8 Å². The molecule has 1 amide bonds. The molecule has 6 heteroatoms.